The van der Waals surface area contributed by atoms with Gasteiger partial charge in [-0.2, -0.15) is 4.39 Å². The lowest BCUT2D eigenvalue weighted by Gasteiger charge is -2.26. The Morgan fingerprint density at radius 1 is 0.744 bits per heavy atom. The van der Waals surface area contributed by atoms with Crippen LogP contribution in [0.3, 0.4) is 0 Å². The number of carbonyl (C=O) groups is 1. The zero-order valence-corrected chi connectivity index (χ0v) is 26.4. The summed E-state index contributed by atoms with van der Waals surface area (Å²) in [6, 6.07) is 9.02. The first-order valence-electron chi connectivity index (χ1n) is 16.7. The van der Waals surface area contributed by atoms with Crippen molar-refractivity contribution in [2.24, 2.45) is 11.8 Å². The number of unbranched alkanes of at least 4 members (excludes halogenated alkanes) is 9. The minimum atomic E-state index is -1.27. The highest BCUT2D eigenvalue weighted by molar-refractivity contribution is 5.91. The van der Waals surface area contributed by atoms with Gasteiger partial charge in [-0.25, -0.2) is 9.18 Å². The van der Waals surface area contributed by atoms with E-state index < -0.39 is 23.2 Å². The molecule has 3 rings (SSSR count). The number of ether oxygens (including phenoxy) is 3. The van der Waals surface area contributed by atoms with Gasteiger partial charge in [0.2, 0.25) is 5.82 Å². The number of carbonyl (C=O) groups excluding carboxylic acids is 1. The Kier molecular flexibility index (Phi) is 16.2. The summed E-state index contributed by atoms with van der Waals surface area (Å²) in [7, 11) is 0. The van der Waals surface area contributed by atoms with Crippen LogP contribution in [0.1, 0.15) is 127 Å². The zero-order chi connectivity index (χ0) is 30.7. The Hall–Kier alpha value is -2.89. The van der Waals surface area contributed by atoms with Crippen molar-refractivity contribution in [3.05, 3.63) is 65.7 Å². The van der Waals surface area contributed by atoms with Gasteiger partial charge in [0, 0.05) is 0 Å². The van der Waals surface area contributed by atoms with Gasteiger partial charge < -0.3 is 14.2 Å². The lowest BCUT2D eigenvalue weighted by atomic mass is 9.79. The Morgan fingerprint density at radius 3 is 2.07 bits per heavy atom. The number of benzene rings is 2. The highest BCUT2D eigenvalue weighted by atomic mass is 19.2. The Labute approximate surface area is 258 Å². The van der Waals surface area contributed by atoms with Crippen LogP contribution < -0.4 is 14.2 Å². The summed E-state index contributed by atoms with van der Waals surface area (Å²) in [5, 5.41) is 0. The van der Waals surface area contributed by atoms with Crippen LogP contribution in [0.15, 0.2) is 48.6 Å². The van der Waals surface area contributed by atoms with Crippen LogP contribution in [0.4, 0.5) is 8.78 Å². The van der Waals surface area contributed by atoms with Gasteiger partial charge in [0.25, 0.3) is 0 Å². The Morgan fingerprint density at radius 2 is 1.37 bits per heavy atom. The minimum absolute atomic E-state index is 0.192. The summed E-state index contributed by atoms with van der Waals surface area (Å²) in [4.78, 5) is 12.5. The Balaban J connectivity index is 1.36. The fourth-order valence-electron chi connectivity index (χ4n) is 5.73. The second-order valence-electron chi connectivity index (χ2n) is 11.9. The fourth-order valence-corrected chi connectivity index (χ4v) is 5.73. The molecule has 0 radical (unpaired) electrons. The first-order chi connectivity index (χ1) is 21.0. The van der Waals surface area contributed by atoms with Gasteiger partial charge in [-0.05, 0) is 80.3 Å². The minimum Gasteiger partial charge on any atom is -0.490 e. The molecule has 4 nitrogen and oxygen atoms in total. The first-order valence-corrected chi connectivity index (χ1v) is 16.7. The number of hydrogen-bond acceptors (Lipinski definition) is 4. The van der Waals surface area contributed by atoms with Crippen LogP contribution in [0, 0.1) is 23.5 Å². The molecule has 1 fully saturated rings. The summed E-state index contributed by atoms with van der Waals surface area (Å²) in [5.74, 6) is -1.21. The predicted octanol–water partition coefficient (Wildman–Crippen LogP) is 11.0. The topological polar surface area (TPSA) is 44.8 Å². The molecule has 0 spiro atoms. The molecule has 43 heavy (non-hydrogen) atoms. The number of rotatable bonds is 20. The van der Waals surface area contributed by atoms with Crippen molar-refractivity contribution >= 4 is 5.97 Å². The molecule has 0 atom stereocenters. The Bertz CT molecular complexity index is 1090. The van der Waals surface area contributed by atoms with E-state index in [2.05, 4.69) is 26.0 Å². The zero-order valence-electron chi connectivity index (χ0n) is 26.4. The highest BCUT2D eigenvalue weighted by Crippen LogP contribution is 2.32. The van der Waals surface area contributed by atoms with Crippen LogP contribution in [0.5, 0.6) is 17.2 Å². The molecule has 0 amide bonds. The standard InChI is InChI=1S/C37H52F2O4/c1-3-5-7-8-9-10-11-13-27-42-34-26-25-33(35(38)36(34)39)37(40)43-32-23-21-31(22-24-32)41-28-14-16-30-19-17-29(18-20-30)15-12-6-4-2/h14,16,21-26,29-30H,3-13,15,17-20,27-28H2,1-2H3/b16-14+. The second-order valence-corrected chi connectivity index (χ2v) is 11.9. The number of hydrogen-bond donors (Lipinski definition) is 0. The van der Waals surface area contributed by atoms with Gasteiger partial charge in [-0.1, -0.05) is 96.6 Å². The monoisotopic (exact) mass is 598 g/mol. The van der Waals surface area contributed by atoms with Crippen LogP contribution in [-0.4, -0.2) is 19.2 Å². The summed E-state index contributed by atoms with van der Waals surface area (Å²) >= 11 is 0. The van der Waals surface area contributed by atoms with E-state index in [0.717, 1.165) is 25.2 Å². The van der Waals surface area contributed by atoms with Crippen LogP contribution in [0.25, 0.3) is 0 Å². The van der Waals surface area contributed by atoms with Gasteiger partial charge in [0.1, 0.15) is 18.1 Å². The van der Waals surface area contributed by atoms with Gasteiger partial charge in [-0.15, -0.1) is 0 Å². The smallest absolute Gasteiger partial charge is 0.346 e. The average Bonchev–Trinajstić information content (AvgIpc) is 3.02. The normalized spacial score (nSPS) is 16.8. The first kappa shape index (κ1) is 34.6. The third-order valence-corrected chi connectivity index (χ3v) is 8.42. The van der Waals surface area contributed by atoms with E-state index in [0.29, 0.717) is 24.9 Å². The summed E-state index contributed by atoms with van der Waals surface area (Å²) in [6.45, 7) is 5.23. The van der Waals surface area contributed by atoms with Crippen LogP contribution in [-0.2, 0) is 0 Å². The second kappa shape index (κ2) is 20.1. The van der Waals surface area contributed by atoms with Crippen LogP contribution >= 0.6 is 0 Å². The quantitative estimate of drug-likeness (QED) is 0.0658. The fraction of sp³-hybridized carbons (Fsp3) is 0.595. The van der Waals surface area contributed by atoms with E-state index in [4.69, 9.17) is 14.2 Å². The molecule has 2 aromatic carbocycles. The largest absolute Gasteiger partial charge is 0.490 e. The van der Waals surface area contributed by atoms with E-state index in [1.54, 1.807) is 24.3 Å². The average molecular weight is 599 g/mol. The molecule has 0 heterocycles. The number of esters is 1. The van der Waals surface area contributed by atoms with Crippen LogP contribution in [0.2, 0.25) is 0 Å². The van der Waals surface area contributed by atoms with Crippen molar-refractivity contribution in [2.45, 2.75) is 117 Å². The summed E-state index contributed by atoms with van der Waals surface area (Å²) < 4.78 is 45.8. The predicted molar refractivity (Wildman–Crippen MR) is 170 cm³/mol. The molecular weight excluding hydrogens is 546 g/mol. The van der Waals surface area contributed by atoms with Crippen molar-refractivity contribution in [2.75, 3.05) is 13.2 Å². The molecule has 1 aliphatic carbocycles. The molecule has 0 unspecified atom stereocenters. The molecule has 1 saturated carbocycles. The number of halogens is 2. The molecule has 0 saturated heterocycles. The van der Waals surface area contributed by atoms with E-state index in [1.165, 1.54) is 95.6 Å². The highest BCUT2D eigenvalue weighted by Gasteiger charge is 2.21. The molecule has 6 heteroatoms. The van der Waals surface area contributed by atoms with Gasteiger partial charge in [-0.3, -0.25) is 0 Å². The molecule has 0 aliphatic heterocycles. The van der Waals surface area contributed by atoms with E-state index in [9.17, 15) is 13.6 Å². The summed E-state index contributed by atoms with van der Waals surface area (Å²) in [5.41, 5.74) is -0.475. The third kappa shape index (κ3) is 12.7. The van der Waals surface area contributed by atoms with Crippen molar-refractivity contribution in [3.8, 4) is 17.2 Å². The van der Waals surface area contributed by atoms with E-state index in [1.807, 2.05) is 0 Å². The molecule has 0 N–H and O–H groups in total. The molecule has 0 bridgehead atoms. The maximum atomic E-state index is 14.7. The summed E-state index contributed by atoms with van der Waals surface area (Å²) in [6.07, 6.45) is 24.0. The van der Waals surface area contributed by atoms with Gasteiger partial charge >= 0.3 is 5.97 Å². The van der Waals surface area contributed by atoms with E-state index >= 15 is 0 Å². The van der Waals surface area contributed by atoms with Crippen molar-refractivity contribution < 1.29 is 27.8 Å². The maximum Gasteiger partial charge on any atom is 0.346 e. The lowest BCUT2D eigenvalue weighted by Crippen LogP contribution is -2.13. The third-order valence-electron chi connectivity index (χ3n) is 8.42. The van der Waals surface area contributed by atoms with Crippen molar-refractivity contribution in [1.29, 1.82) is 0 Å². The molecular formula is C37H52F2O4. The SMILES string of the molecule is CCCCCCCCCCOc1ccc(C(=O)Oc2ccc(OC/C=C/C3CCC(CCCCC)CC3)cc2)c(F)c1F. The van der Waals surface area contributed by atoms with Crippen molar-refractivity contribution in [1.82, 2.24) is 0 Å². The lowest BCUT2D eigenvalue weighted by molar-refractivity contribution is 0.0728. The molecule has 2 aromatic rings. The van der Waals surface area contributed by atoms with Crippen molar-refractivity contribution in [3.63, 3.8) is 0 Å². The maximum absolute atomic E-state index is 14.7. The molecule has 0 aromatic heterocycles. The van der Waals surface area contributed by atoms with Gasteiger partial charge in [0.05, 0.1) is 12.2 Å². The molecule has 1 aliphatic rings. The molecule has 238 valence electrons. The number of allylic oxidation sites excluding steroid dienone is 1. The van der Waals surface area contributed by atoms with E-state index in [-0.39, 0.29) is 11.5 Å². The van der Waals surface area contributed by atoms with Gasteiger partial charge in [0.15, 0.2) is 11.6 Å².